The molecule has 17 heavy (non-hydrogen) atoms. The molecule has 2 atom stereocenters. The summed E-state index contributed by atoms with van der Waals surface area (Å²) in [5, 5.41) is 14.3. The van der Waals surface area contributed by atoms with Crippen LogP contribution in [0.4, 0.5) is 0 Å². The fraction of sp³-hybridized carbons (Fsp3) is 0.929. The van der Waals surface area contributed by atoms with Crippen LogP contribution in [0.5, 0.6) is 0 Å². The van der Waals surface area contributed by atoms with Crippen LogP contribution in [0.1, 0.15) is 58.3 Å². The van der Waals surface area contributed by atoms with Crippen LogP contribution in [0, 0.1) is 11.3 Å². The number of nitrogens with one attached hydrogen (secondary N) is 1. The van der Waals surface area contributed by atoms with Crippen LogP contribution in [0.2, 0.25) is 0 Å². The van der Waals surface area contributed by atoms with Gasteiger partial charge in [0.1, 0.15) is 5.54 Å². The van der Waals surface area contributed by atoms with E-state index in [-0.39, 0.29) is 5.54 Å². The van der Waals surface area contributed by atoms with E-state index in [1.165, 1.54) is 38.5 Å². The van der Waals surface area contributed by atoms with Crippen molar-refractivity contribution in [2.75, 3.05) is 6.54 Å². The van der Waals surface area contributed by atoms with Gasteiger partial charge < -0.3 is 0 Å². The lowest BCUT2D eigenvalue weighted by Gasteiger charge is -2.25. The Balaban J connectivity index is 1.82. The van der Waals surface area contributed by atoms with Crippen LogP contribution >= 0.6 is 11.8 Å². The Bertz CT molecular complexity index is 280. The molecule has 2 unspecified atom stereocenters. The van der Waals surface area contributed by atoms with Crippen molar-refractivity contribution in [1.82, 2.24) is 5.32 Å². The van der Waals surface area contributed by atoms with E-state index in [4.69, 9.17) is 0 Å². The third-order valence-corrected chi connectivity index (χ3v) is 5.78. The topological polar surface area (TPSA) is 35.8 Å². The minimum absolute atomic E-state index is 0.207. The van der Waals surface area contributed by atoms with E-state index in [1.807, 2.05) is 0 Å². The van der Waals surface area contributed by atoms with Crippen molar-refractivity contribution in [3.63, 3.8) is 0 Å². The lowest BCUT2D eigenvalue weighted by molar-refractivity contribution is 0.436. The highest BCUT2D eigenvalue weighted by molar-refractivity contribution is 8.00. The third-order valence-electron chi connectivity index (χ3n) is 4.14. The number of rotatable bonds is 4. The van der Waals surface area contributed by atoms with Crippen LogP contribution in [0.25, 0.3) is 0 Å². The van der Waals surface area contributed by atoms with Crippen LogP contribution in [-0.2, 0) is 0 Å². The molecule has 0 heterocycles. The Morgan fingerprint density at radius 1 is 1.24 bits per heavy atom. The normalized spacial score (nSPS) is 34.7. The largest absolute Gasteiger partial charge is 0.300 e. The zero-order chi connectivity index (χ0) is 12.1. The van der Waals surface area contributed by atoms with Gasteiger partial charge in [-0.25, -0.2) is 0 Å². The second-order valence-electron chi connectivity index (χ2n) is 5.49. The molecule has 0 bridgehead atoms. The summed E-state index contributed by atoms with van der Waals surface area (Å²) in [4.78, 5) is 0. The smallest absolute Gasteiger partial charge is 0.107 e. The van der Waals surface area contributed by atoms with Gasteiger partial charge in [0.2, 0.25) is 0 Å². The lowest BCUT2D eigenvalue weighted by atomic mass is 10.00. The first-order valence-electron chi connectivity index (χ1n) is 7.10. The van der Waals surface area contributed by atoms with Gasteiger partial charge in [0, 0.05) is 10.5 Å². The van der Waals surface area contributed by atoms with Crippen molar-refractivity contribution in [1.29, 1.82) is 5.26 Å². The van der Waals surface area contributed by atoms with Gasteiger partial charge in [-0.2, -0.15) is 17.0 Å². The van der Waals surface area contributed by atoms with Crippen molar-refractivity contribution in [2.24, 2.45) is 0 Å². The quantitative estimate of drug-likeness (QED) is 0.832. The molecule has 0 aliphatic heterocycles. The van der Waals surface area contributed by atoms with Crippen molar-refractivity contribution in [3.05, 3.63) is 0 Å². The van der Waals surface area contributed by atoms with E-state index in [0.29, 0.717) is 0 Å². The average molecular weight is 252 g/mol. The molecule has 0 spiro atoms. The Morgan fingerprint density at radius 3 is 2.65 bits per heavy atom. The SMILES string of the molecule is CCNC1(C#N)CCC(SC2CCCCC2)C1. The van der Waals surface area contributed by atoms with Gasteiger partial charge in [-0.1, -0.05) is 26.2 Å². The summed E-state index contributed by atoms with van der Waals surface area (Å²) in [5.74, 6) is 0. The molecule has 2 fully saturated rings. The summed E-state index contributed by atoms with van der Waals surface area (Å²) in [6.45, 7) is 3.01. The first kappa shape index (κ1) is 13.2. The monoisotopic (exact) mass is 252 g/mol. The molecule has 96 valence electrons. The summed E-state index contributed by atoms with van der Waals surface area (Å²) >= 11 is 2.18. The van der Waals surface area contributed by atoms with Crippen molar-refractivity contribution >= 4 is 11.8 Å². The molecule has 0 radical (unpaired) electrons. The van der Waals surface area contributed by atoms with Crippen LogP contribution < -0.4 is 5.32 Å². The standard InChI is InChI=1S/C14H24N2S/c1-2-16-14(11-15)9-8-13(10-14)17-12-6-4-3-5-7-12/h12-13,16H,2-10H2,1H3. The van der Waals surface area contributed by atoms with Crippen molar-refractivity contribution in [2.45, 2.75) is 74.3 Å². The minimum Gasteiger partial charge on any atom is -0.300 e. The predicted octanol–water partition coefficient (Wildman–Crippen LogP) is 3.48. The van der Waals surface area contributed by atoms with Gasteiger partial charge in [0.15, 0.2) is 0 Å². The zero-order valence-corrected chi connectivity index (χ0v) is 11.7. The second-order valence-corrected chi connectivity index (χ2v) is 7.09. The zero-order valence-electron chi connectivity index (χ0n) is 10.9. The van der Waals surface area contributed by atoms with E-state index < -0.39 is 0 Å². The van der Waals surface area contributed by atoms with Gasteiger partial charge in [-0.3, -0.25) is 5.32 Å². The summed E-state index contributed by atoms with van der Waals surface area (Å²) < 4.78 is 0. The van der Waals surface area contributed by atoms with E-state index in [2.05, 4.69) is 30.1 Å². The fourth-order valence-corrected chi connectivity index (χ4v) is 5.01. The molecule has 0 aromatic carbocycles. The molecule has 0 aromatic heterocycles. The number of hydrogen-bond acceptors (Lipinski definition) is 3. The average Bonchev–Trinajstić information content (AvgIpc) is 2.75. The molecule has 1 N–H and O–H groups in total. The maximum atomic E-state index is 9.35. The molecule has 2 aliphatic carbocycles. The van der Waals surface area contributed by atoms with Gasteiger partial charge in [-0.05, 0) is 38.6 Å². The number of nitriles is 1. The van der Waals surface area contributed by atoms with Crippen molar-refractivity contribution < 1.29 is 0 Å². The van der Waals surface area contributed by atoms with Crippen molar-refractivity contribution in [3.8, 4) is 6.07 Å². The van der Waals surface area contributed by atoms with E-state index in [1.54, 1.807) is 0 Å². The molecular weight excluding hydrogens is 228 g/mol. The molecule has 0 saturated heterocycles. The van der Waals surface area contributed by atoms with Gasteiger partial charge in [0.25, 0.3) is 0 Å². The first-order chi connectivity index (χ1) is 8.28. The third kappa shape index (κ3) is 3.39. The van der Waals surface area contributed by atoms with Gasteiger partial charge in [-0.15, -0.1) is 0 Å². The van der Waals surface area contributed by atoms with Crippen LogP contribution in [-0.4, -0.2) is 22.6 Å². The Labute approximate surface area is 110 Å². The predicted molar refractivity (Wildman–Crippen MR) is 74.1 cm³/mol. The molecular formula is C14H24N2S. The molecule has 2 nitrogen and oxygen atoms in total. The number of thioether (sulfide) groups is 1. The van der Waals surface area contributed by atoms with E-state index in [9.17, 15) is 5.26 Å². The highest BCUT2D eigenvalue weighted by atomic mass is 32.2. The Kier molecular flexibility index (Phi) is 4.76. The molecule has 0 amide bonds. The van der Waals surface area contributed by atoms with Crippen LogP contribution in [0.3, 0.4) is 0 Å². The number of hydrogen-bond donors (Lipinski definition) is 1. The van der Waals surface area contributed by atoms with E-state index in [0.717, 1.165) is 29.9 Å². The number of nitrogens with zero attached hydrogens (tertiary/aromatic N) is 1. The summed E-state index contributed by atoms with van der Waals surface area (Å²) in [6.07, 6.45) is 10.4. The lowest BCUT2D eigenvalue weighted by Crippen LogP contribution is -2.41. The summed E-state index contributed by atoms with van der Waals surface area (Å²) in [5.41, 5.74) is -0.207. The fourth-order valence-electron chi connectivity index (χ4n) is 3.23. The summed E-state index contributed by atoms with van der Waals surface area (Å²) in [6, 6.07) is 2.52. The maximum absolute atomic E-state index is 9.35. The van der Waals surface area contributed by atoms with Gasteiger partial charge in [0.05, 0.1) is 6.07 Å². The van der Waals surface area contributed by atoms with Gasteiger partial charge >= 0.3 is 0 Å². The highest BCUT2D eigenvalue weighted by Crippen LogP contribution is 2.41. The molecule has 3 heteroatoms. The summed E-state index contributed by atoms with van der Waals surface area (Å²) in [7, 11) is 0. The maximum Gasteiger partial charge on any atom is 0.107 e. The second kappa shape index (κ2) is 6.11. The molecule has 2 aliphatic rings. The van der Waals surface area contributed by atoms with E-state index >= 15 is 0 Å². The Hall–Kier alpha value is -0.200. The Morgan fingerprint density at radius 2 is 2.00 bits per heavy atom. The van der Waals surface area contributed by atoms with Crippen LogP contribution in [0.15, 0.2) is 0 Å². The molecule has 0 aromatic rings. The minimum atomic E-state index is -0.207. The first-order valence-corrected chi connectivity index (χ1v) is 8.04. The molecule has 2 saturated carbocycles. The highest BCUT2D eigenvalue weighted by Gasteiger charge is 2.39. The molecule has 2 rings (SSSR count).